The van der Waals surface area contributed by atoms with E-state index >= 15 is 0 Å². The zero-order valence-corrected chi connectivity index (χ0v) is 10.7. The first kappa shape index (κ1) is 12.1. The number of hydrogen-bond acceptors (Lipinski definition) is 4. The van der Waals surface area contributed by atoms with Crippen molar-refractivity contribution in [3.8, 4) is 0 Å². The quantitative estimate of drug-likeness (QED) is 0.711. The molecule has 1 saturated carbocycles. The molecule has 0 bridgehead atoms. The molecule has 98 valence electrons. The van der Waals surface area contributed by atoms with E-state index in [1.54, 1.807) is 13.0 Å². The van der Waals surface area contributed by atoms with Gasteiger partial charge in [-0.1, -0.05) is 5.57 Å². The van der Waals surface area contributed by atoms with Gasteiger partial charge in [-0.05, 0) is 25.8 Å². The Bertz CT molecular complexity index is 431. The van der Waals surface area contributed by atoms with Crippen molar-refractivity contribution in [2.24, 2.45) is 5.41 Å². The monoisotopic (exact) mass is 250 g/mol. The Morgan fingerprint density at radius 3 is 2.61 bits per heavy atom. The molecule has 1 atom stereocenters. The van der Waals surface area contributed by atoms with Gasteiger partial charge in [-0.2, -0.15) is 0 Å². The van der Waals surface area contributed by atoms with Crippen LogP contribution in [0.1, 0.15) is 39.0 Å². The highest BCUT2D eigenvalue weighted by Gasteiger charge is 2.54. The lowest BCUT2D eigenvalue weighted by Gasteiger charge is -2.46. The van der Waals surface area contributed by atoms with Crippen LogP contribution in [0.15, 0.2) is 11.6 Å². The third-order valence-corrected chi connectivity index (χ3v) is 4.58. The van der Waals surface area contributed by atoms with Gasteiger partial charge in [0.1, 0.15) is 5.78 Å². The summed E-state index contributed by atoms with van der Waals surface area (Å²) < 4.78 is 11.5. The molecule has 1 heterocycles. The fourth-order valence-corrected chi connectivity index (χ4v) is 3.56. The molecule has 2 fully saturated rings. The summed E-state index contributed by atoms with van der Waals surface area (Å²) in [6, 6.07) is 0. The van der Waals surface area contributed by atoms with Gasteiger partial charge in [-0.15, -0.1) is 0 Å². The van der Waals surface area contributed by atoms with E-state index in [1.165, 1.54) is 0 Å². The lowest BCUT2D eigenvalue weighted by atomic mass is 9.61. The van der Waals surface area contributed by atoms with Crippen molar-refractivity contribution in [3.63, 3.8) is 0 Å². The van der Waals surface area contributed by atoms with Crippen LogP contribution < -0.4 is 0 Å². The Labute approximate surface area is 106 Å². The molecular formula is C14H18O4. The van der Waals surface area contributed by atoms with Gasteiger partial charge < -0.3 is 9.47 Å². The molecule has 0 N–H and O–H groups in total. The van der Waals surface area contributed by atoms with Crippen molar-refractivity contribution >= 4 is 11.6 Å². The highest BCUT2D eigenvalue weighted by atomic mass is 16.7. The molecular weight excluding hydrogens is 232 g/mol. The molecule has 3 rings (SSSR count). The number of ether oxygens (including phenoxy) is 2. The minimum absolute atomic E-state index is 0.138. The molecule has 1 saturated heterocycles. The number of ketones is 2. The first-order valence-electron chi connectivity index (χ1n) is 6.59. The molecule has 18 heavy (non-hydrogen) atoms. The van der Waals surface area contributed by atoms with Crippen LogP contribution in [0, 0.1) is 5.41 Å². The van der Waals surface area contributed by atoms with Crippen molar-refractivity contribution < 1.29 is 19.1 Å². The van der Waals surface area contributed by atoms with E-state index in [1.807, 2.05) is 0 Å². The number of fused-ring (bicyclic) bond motifs is 1. The molecule has 1 aliphatic heterocycles. The molecule has 0 radical (unpaired) electrons. The number of rotatable bonds is 1. The summed E-state index contributed by atoms with van der Waals surface area (Å²) in [6.45, 7) is 2.83. The van der Waals surface area contributed by atoms with Crippen LogP contribution in [0.2, 0.25) is 0 Å². The SMILES string of the molecule is CC(=O)[C@]12CCC(=O)C=C1CCC1(C2)OCCO1. The average Bonchev–Trinajstić information content (AvgIpc) is 2.78. The van der Waals surface area contributed by atoms with Gasteiger partial charge in [-0.3, -0.25) is 9.59 Å². The fourth-order valence-electron chi connectivity index (χ4n) is 3.56. The molecule has 3 aliphatic rings. The smallest absolute Gasteiger partial charge is 0.170 e. The lowest BCUT2D eigenvalue weighted by Crippen LogP contribution is -2.48. The van der Waals surface area contributed by atoms with E-state index in [-0.39, 0.29) is 11.6 Å². The van der Waals surface area contributed by atoms with E-state index < -0.39 is 11.2 Å². The maximum atomic E-state index is 12.1. The van der Waals surface area contributed by atoms with Crippen LogP contribution in [0.5, 0.6) is 0 Å². The molecule has 0 aromatic carbocycles. The van der Waals surface area contributed by atoms with Gasteiger partial charge >= 0.3 is 0 Å². The molecule has 4 heteroatoms. The highest BCUT2D eigenvalue weighted by molar-refractivity contribution is 5.96. The molecule has 0 aromatic heterocycles. The molecule has 2 aliphatic carbocycles. The van der Waals surface area contributed by atoms with E-state index in [0.29, 0.717) is 32.5 Å². The van der Waals surface area contributed by atoms with Crippen molar-refractivity contribution in [2.75, 3.05) is 13.2 Å². The van der Waals surface area contributed by atoms with Crippen LogP contribution in [0.4, 0.5) is 0 Å². The second kappa shape index (κ2) is 4.00. The number of carbonyl (C=O) groups excluding carboxylic acids is 2. The van der Waals surface area contributed by atoms with E-state index in [0.717, 1.165) is 18.4 Å². The predicted octanol–water partition coefficient (Wildman–Crippen LogP) is 1.78. The lowest BCUT2D eigenvalue weighted by molar-refractivity contribution is -0.194. The van der Waals surface area contributed by atoms with Crippen LogP contribution in [0.25, 0.3) is 0 Å². The van der Waals surface area contributed by atoms with E-state index in [9.17, 15) is 9.59 Å². The minimum Gasteiger partial charge on any atom is -0.347 e. The number of allylic oxidation sites excluding steroid dienone is 2. The summed E-state index contributed by atoms with van der Waals surface area (Å²) in [5, 5.41) is 0. The fraction of sp³-hybridized carbons (Fsp3) is 0.714. The first-order chi connectivity index (χ1) is 8.56. The zero-order valence-electron chi connectivity index (χ0n) is 10.7. The van der Waals surface area contributed by atoms with Gasteiger partial charge in [0.25, 0.3) is 0 Å². The standard InChI is InChI=1S/C14H18O4/c1-10(15)13-4-3-12(16)8-11(13)2-5-14(9-13)17-6-7-18-14/h8H,2-7,9H2,1H3/t13-/m1/s1. The topological polar surface area (TPSA) is 52.6 Å². The average molecular weight is 250 g/mol. The van der Waals surface area contributed by atoms with Crippen LogP contribution in [-0.2, 0) is 19.1 Å². The predicted molar refractivity (Wildman–Crippen MR) is 63.9 cm³/mol. The van der Waals surface area contributed by atoms with Crippen LogP contribution in [0.3, 0.4) is 0 Å². The third-order valence-electron chi connectivity index (χ3n) is 4.58. The Morgan fingerprint density at radius 1 is 1.22 bits per heavy atom. The van der Waals surface area contributed by atoms with Gasteiger partial charge in [0.2, 0.25) is 0 Å². The summed E-state index contributed by atoms with van der Waals surface area (Å²) in [5.74, 6) is -0.297. The largest absolute Gasteiger partial charge is 0.347 e. The van der Waals surface area contributed by atoms with Crippen molar-refractivity contribution in [1.82, 2.24) is 0 Å². The summed E-state index contributed by atoms with van der Waals surface area (Å²) in [6.07, 6.45) is 4.81. The van der Waals surface area contributed by atoms with Crippen molar-refractivity contribution in [2.45, 2.75) is 44.8 Å². The summed E-state index contributed by atoms with van der Waals surface area (Å²) >= 11 is 0. The number of hydrogen-bond donors (Lipinski definition) is 0. The van der Waals surface area contributed by atoms with E-state index in [2.05, 4.69) is 0 Å². The Balaban J connectivity index is 1.98. The second-order valence-corrected chi connectivity index (χ2v) is 5.56. The molecule has 0 unspecified atom stereocenters. The highest BCUT2D eigenvalue weighted by Crippen LogP contribution is 2.53. The normalized spacial score (nSPS) is 34.3. The Kier molecular flexibility index (Phi) is 2.68. The second-order valence-electron chi connectivity index (χ2n) is 5.56. The molecule has 1 spiro atoms. The van der Waals surface area contributed by atoms with Gasteiger partial charge in [0.15, 0.2) is 11.6 Å². The first-order valence-corrected chi connectivity index (χ1v) is 6.59. The number of carbonyl (C=O) groups is 2. The maximum Gasteiger partial charge on any atom is 0.170 e. The summed E-state index contributed by atoms with van der Waals surface area (Å²) in [7, 11) is 0. The van der Waals surface area contributed by atoms with Crippen LogP contribution >= 0.6 is 0 Å². The summed E-state index contributed by atoms with van der Waals surface area (Å²) in [5.41, 5.74) is 0.479. The van der Waals surface area contributed by atoms with E-state index in [4.69, 9.17) is 9.47 Å². The Hall–Kier alpha value is -1.00. The number of Topliss-reactive ketones (excluding diaryl/α,β-unsaturated/α-hetero) is 1. The zero-order chi connectivity index (χ0) is 12.8. The van der Waals surface area contributed by atoms with Crippen molar-refractivity contribution in [1.29, 1.82) is 0 Å². The van der Waals surface area contributed by atoms with Crippen molar-refractivity contribution in [3.05, 3.63) is 11.6 Å². The Morgan fingerprint density at radius 2 is 1.94 bits per heavy atom. The third kappa shape index (κ3) is 1.67. The molecule has 0 amide bonds. The van der Waals surface area contributed by atoms with Crippen LogP contribution in [-0.4, -0.2) is 30.6 Å². The molecule has 4 nitrogen and oxygen atoms in total. The van der Waals surface area contributed by atoms with Gasteiger partial charge in [0, 0.05) is 19.3 Å². The van der Waals surface area contributed by atoms with Gasteiger partial charge in [-0.25, -0.2) is 0 Å². The molecule has 0 aromatic rings. The maximum absolute atomic E-state index is 12.1. The minimum atomic E-state index is -0.580. The van der Waals surface area contributed by atoms with Gasteiger partial charge in [0.05, 0.1) is 18.6 Å². The summed E-state index contributed by atoms with van der Waals surface area (Å²) in [4.78, 5) is 23.7.